The third kappa shape index (κ3) is 2.81. The molecule has 2 rings (SSSR count). The molecule has 0 unspecified atom stereocenters. The van der Waals surface area contributed by atoms with Crippen LogP contribution in [0.1, 0.15) is 5.69 Å². The summed E-state index contributed by atoms with van der Waals surface area (Å²) in [7, 11) is 0. The maximum Gasteiger partial charge on any atom is 0.305 e. The molecule has 7 heteroatoms. The molecule has 0 aliphatic carbocycles. The van der Waals surface area contributed by atoms with E-state index < -0.39 is 16.4 Å². The van der Waals surface area contributed by atoms with Gasteiger partial charge in [-0.05, 0) is 18.2 Å². The number of hydrogen-bond donors (Lipinski definition) is 0. The van der Waals surface area contributed by atoms with Crippen LogP contribution in [0.3, 0.4) is 0 Å². The minimum absolute atomic E-state index is 0.106. The Morgan fingerprint density at radius 2 is 2.05 bits per heavy atom. The number of benzene rings is 1. The van der Waals surface area contributed by atoms with Gasteiger partial charge < -0.3 is 4.74 Å². The molecule has 0 saturated heterocycles. The maximum atomic E-state index is 13.3. The number of nitriles is 1. The van der Waals surface area contributed by atoms with Gasteiger partial charge in [0.25, 0.3) is 0 Å². The smallest absolute Gasteiger partial charge is 0.305 e. The minimum atomic E-state index is -0.982. The summed E-state index contributed by atoms with van der Waals surface area (Å²) in [4.78, 5) is 13.4. The zero-order chi connectivity index (χ0) is 13.8. The van der Waals surface area contributed by atoms with Crippen molar-refractivity contribution in [2.75, 3.05) is 0 Å². The van der Waals surface area contributed by atoms with Gasteiger partial charge in [0.15, 0.2) is 0 Å². The van der Waals surface area contributed by atoms with Crippen LogP contribution in [0.15, 0.2) is 36.5 Å². The highest BCUT2D eigenvalue weighted by Gasteiger charge is 2.14. The Balaban J connectivity index is 2.21. The molecule has 2 aromatic rings. The zero-order valence-electron chi connectivity index (χ0n) is 9.41. The zero-order valence-corrected chi connectivity index (χ0v) is 9.41. The van der Waals surface area contributed by atoms with E-state index in [0.29, 0.717) is 5.75 Å². The van der Waals surface area contributed by atoms with Gasteiger partial charge in [-0.25, -0.2) is 4.98 Å². The molecule has 1 aromatic carbocycles. The first-order valence-corrected chi connectivity index (χ1v) is 5.08. The molecule has 0 radical (unpaired) electrons. The van der Waals surface area contributed by atoms with E-state index in [1.807, 2.05) is 6.07 Å². The summed E-state index contributed by atoms with van der Waals surface area (Å²) in [5, 5.41) is 19.0. The van der Waals surface area contributed by atoms with Crippen LogP contribution in [-0.4, -0.2) is 9.91 Å². The first kappa shape index (κ1) is 12.4. The summed E-state index contributed by atoms with van der Waals surface area (Å²) in [6, 6.07) is 7.98. The van der Waals surface area contributed by atoms with Gasteiger partial charge >= 0.3 is 5.69 Å². The second kappa shape index (κ2) is 5.10. The molecule has 0 amide bonds. The van der Waals surface area contributed by atoms with Crippen LogP contribution in [0.5, 0.6) is 11.5 Å². The Kier molecular flexibility index (Phi) is 3.34. The van der Waals surface area contributed by atoms with Gasteiger partial charge in [-0.15, -0.1) is 0 Å². The third-order valence-corrected chi connectivity index (χ3v) is 2.20. The highest BCUT2D eigenvalue weighted by atomic mass is 19.1. The monoisotopic (exact) mass is 259 g/mol. The van der Waals surface area contributed by atoms with E-state index in [2.05, 4.69) is 4.98 Å². The summed E-state index contributed by atoms with van der Waals surface area (Å²) in [6.07, 6.45) is 1.30. The van der Waals surface area contributed by atoms with E-state index in [1.54, 1.807) is 0 Å². The summed E-state index contributed by atoms with van der Waals surface area (Å²) in [5.74, 6) is -0.578. The van der Waals surface area contributed by atoms with Crippen LogP contribution in [0.2, 0.25) is 0 Å². The lowest BCUT2D eigenvalue weighted by Crippen LogP contribution is -1.93. The molecule has 0 aliphatic rings. The van der Waals surface area contributed by atoms with Gasteiger partial charge in [-0.1, -0.05) is 0 Å². The number of nitro groups is 1. The lowest BCUT2D eigenvalue weighted by molar-refractivity contribution is -0.387. The summed E-state index contributed by atoms with van der Waals surface area (Å²) >= 11 is 0. The van der Waals surface area contributed by atoms with Crippen molar-refractivity contribution >= 4 is 5.69 Å². The molecular formula is C12H6FN3O3. The summed E-state index contributed by atoms with van der Waals surface area (Å²) in [6.45, 7) is 0. The average molecular weight is 259 g/mol. The fraction of sp³-hybridized carbons (Fsp3) is 0. The lowest BCUT2D eigenvalue weighted by Gasteiger charge is -2.05. The molecule has 0 spiro atoms. The van der Waals surface area contributed by atoms with Crippen molar-refractivity contribution in [3.8, 4) is 17.6 Å². The van der Waals surface area contributed by atoms with E-state index in [1.165, 1.54) is 24.4 Å². The van der Waals surface area contributed by atoms with E-state index in [4.69, 9.17) is 10.00 Å². The first-order chi connectivity index (χ1) is 9.10. The minimum Gasteiger partial charge on any atom is -0.456 e. The quantitative estimate of drug-likeness (QED) is 0.624. The number of halogens is 1. The van der Waals surface area contributed by atoms with Crippen LogP contribution in [0.4, 0.5) is 10.1 Å². The molecule has 0 fully saturated rings. The number of rotatable bonds is 3. The molecule has 1 aromatic heterocycles. The van der Waals surface area contributed by atoms with Gasteiger partial charge in [0.05, 0.1) is 11.1 Å². The van der Waals surface area contributed by atoms with Crippen molar-refractivity contribution in [2.24, 2.45) is 0 Å². The van der Waals surface area contributed by atoms with E-state index in [0.717, 1.165) is 12.1 Å². The molecule has 6 nitrogen and oxygen atoms in total. The standard InChI is InChI=1S/C12H6FN3O3/c13-11-5-9(3-4-12(11)16(17)18)19-10-2-1-8(6-14)15-7-10/h1-5,7H. The van der Waals surface area contributed by atoms with Crippen LogP contribution in [-0.2, 0) is 0 Å². The van der Waals surface area contributed by atoms with E-state index in [9.17, 15) is 14.5 Å². The fourth-order valence-corrected chi connectivity index (χ4v) is 1.34. The van der Waals surface area contributed by atoms with Crippen LogP contribution < -0.4 is 4.74 Å². The van der Waals surface area contributed by atoms with Crippen molar-refractivity contribution in [3.63, 3.8) is 0 Å². The Hall–Kier alpha value is -3.01. The first-order valence-electron chi connectivity index (χ1n) is 5.08. The van der Waals surface area contributed by atoms with Crippen molar-refractivity contribution in [2.45, 2.75) is 0 Å². The molecule has 0 atom stereocenters. The SMILES string of the molecule is N#Cc1ccc(Oc2ccc([N+](=O)[O-])c(F)c2)cn1. The number of hydrogen-bond acceptors (Lipinski definition) is 5. The topological polar surface area (TPSA) is 89.0 Å². The number of nitrogens with zero attached hydrogens (tertiary/aromatic N) is 3. The molecular weight excluding hydrogens is 253 g/mol. The Bertz CT molecular complexity index is 665. The normalized spacial score (nSPS) is 9.68. The van der Waals surface area contributed by atoms with Crippen LogP contribution >= 0.6 is 0 Å². The highest BCUT2D eigenvalue weighted by molar-refractivity contribution is 5.40. The Morgan fingerprint density at radius 3 is 2.58 bits per heavy atom. The van der Waals surface area contributed by atoms with Gasteiger partial charge in [-0.3, -0.25) is 10.1 Å². The molecule has 0 saturated carbocycles. The van der Waals surface area contributed by atoms with E-state index >= 15 is 0 Å². The molecule has 0 N–H and O–H groups in total. The van der Waals surface area contributed by atoms with Crippen LogP contribution in [0.25, 0.3) is 0 Å². The van der Waals surface area contributed by atoms with Crippen molar-refractivity contribution in [3.05, 3.63) is 58.2 Å². The molecule has 19 heavy (non-hydrogen) atoms. The number of aromatic nitrogens is 1. The third-order valence-electron chi connectivity index (χ3n) is 2.20. The fourth-order valence-electron chi connectivity index (χ4n) is 1.34. The molecule has 94 valence electrons. The Morgan fingerprint density at radius 1 is 1.32 bits per heavy atom. The number of ether oxygens (including phenoxy) is 1. The largest absolute Gasteiger partial charge is 0.456 e. The van der Waals surface area contributed by atoms with Crippen molar-refractivity contribution < 1.29 is 14.1 Å². The van der Waals surface area contributed by atoms with Gasteiger partial charge in [0.1, 0.15) is 23.3 Å². The predicted molar refractivity (Wildman–Crippen MR) is 62.1 cm³/mol. The second-order valence-corrected chi connectivity index (χ2v) is 3.46. The number of nitro benzene ring substituents is 1. The average Bonchev–Trinajstić information content (AvgIpc) is 2.39. The Labute approximate surface area is 106 Å². The van der Waals surface area contributed by atoms with Gasteiger partial charge in [0.2, 0.25) is 5.82 Å². The maximum absolute atomic E-state index is 13.3. The van der Waals surface area contributed by atoms with Crippen LogP contribution in [0, 0.1) is 27.3 Å². The van der Waals surface area contributed by atoms with Crippen molar-refractivity contribution in [1.82, 2.24) is 4.98 Å². The van der Waals surface area contributed by atoms with Gasteiger partial charge in [-0.2, -0.15) is 9.65 Å². The lowest BCUT2D eigenvalue weighted by atomic mass is 10.3. The van der Waals surface area contributed by atoms with Gasteiger partial charge in [0, 0.05) is 12.1 Å². The summed E-state index contributed by atoms with van der Waals surface area (Å²) in [5.41, 5.74) is -0.396. The second-order valence-electron chi connectivity index (χ2n) is 3.46. The molecule has 1 heterocycles. The number of pyridine rings is 1. The molecule has 0 bridgehead atoms. The highest BCUT2D eigenvalue weighted by Crippen LogP contribution is 2.26. The van der Waals surface area contributed by atoms with E-state index in [-0.39, 0.29) is 11.4 Å². The molecule has 0 aliphatic heterocycles. The summed E-state index contributed by atoms with van der Waals surface area (Å²) < 4.78 is 18.6. The predicted octanol–water partition coefficient (Wildman–Crippen LogP) is 2.79. The van der Waals surface area contributed by atoms with Crippen molar-refractivity contribution in [1.29, 1.82) is 5.26 Å².